The second-order valence-electron chi connectivity index (χ2n) is 9.04. The van der Waals surface area contributed by atoms with Crippen molar-refractivity contribution >= 4 is 17.7 Å². The molecule has 37 heavy (non-hydrogen) atoms. The molecule has 1 aromatic carbocycles. The Balaban J connectivity index is 1.33. The standard InChI is InChI=1S/C26H26N10O/c1-27-22(37)15-36-11-10-21(33-36)30-26-28-12-18-8-9-20-23(24(18)31-26)25(35(3)32-20)17-6-4-16(5-7-17)19-13-29-34(2)14-19/h4-7,10-14H,8-9,15H2,1-3H3,(H,27,37)(H,28,30,31,33). The normalized spacial score (nSPS) is 12.2. The van der Waals surface area contributed by atoms with E-state index in [1.54, 1.807) is 28.7 Å². The number of aryl methyl sites for hydroxylation is 4. The van der Waals surface area contributed by atoms with Gasteiger partial charge in [0.25, 0.3) is 0 Å². The first-order valence-corrected chi connectivity index (χ1v) is 12.0. The lowest BCUT2D eigenvalue weighted by Gasteiger charge is -2.17. The molecule has 6 rings (SSSR count). The van der Waals surface area contributed by atoms with Crippen molar-refractivity contribution in [1.82, 2.24) is 44.6 Å². The first-order chi connectivity index (χ1) is 18.0. The van der Waals surface area contributed by atoms with Gasteiger partial charge in [-0.25, -0.2) is 9.97 Å². The van der Waals surface area contributed by atoms with Crippen LogP contribution in [0.15, 0.2) is 55.1 Å². The highest BCUT2D eigenvalue weighted by atomic mass is 16.1. The van der Waals surface area contributed by atoms with Crippen LogP contribution in [0.25, 0.3) is 33.6 Å². The highest BCUT2D eigenvalue weighted by molar-refractivity contribution is 5.85. The SMILES string of the molecule is CNC(=O)Cn1ccc(Nc2ncc3c(n2)-c2c(nn(C)c2-c2ccc(-c4cnn(C)c4)cc2)CC3)n1. The lowest BCUT2D eigenvalue weighted by molar-refractivity contribution is -0.121. The van der Waals surface area contributed by atoms with Gasteiger partial charge in [0.1, 0.15) is 6.54 Å². The maximum atomic E-state index is 11.6. The summed E-state index contributed by atoms with van der Waals surface area (Å²) < 4.78 is 5.30. The quantitative estimate of drug-likeness (QED) is 0.372. The molecular weight excluding hydrogens is 468 g/mol. The smallest absolute Gasteiger partial charge is 0.241 e. The van der Waals surface area contributed by atoms with Crippen molar-refractivity contribution in [2.45, 2.75) is 19.4 Å². The van der Waals surface area contributed by atoms with Crippen molar-refractivity contribution < 1.29 is 4.79 Å². The van der Waals surface area contributed by atoms with E-state index in [9.17, 15) is 4.79 Å². The number of hydrogen-bond donors (Lipinski definition) is 2. The number of rotatable bonds is 6. The van der Waals surface area contributed by atoms with Crippen LogP contribution in [-0.2, 0) is 38.3 Å². The predicted octanol–water partition coefficient (Wildman–Crippen LogP) is 2.73. The number of aromatic nitrogens is 8. The van der Waals surface area contributed by atoms with Gasteiger partial charge in [-0.2, -0.15) is 15.3 Å². The van der Waals surface area contributed by atoms with Gasteiger partial charge in [-0.1, -0.05) is 24.3 Å². The first kappa shape index (κ1) is 22.7. The molecule has 0 aliphatic heterocycles. The topological polar surface area (TPSA) is 120 Å². The molecule has 186 valence electrons. The Kier molecular flexibility index (Phi) is 5.52. The molecule has 0 fully saturated rings. The van der Waals surface area contributed by atoms with E-state index in [2.05, 4.69) is 50.1 Å². The minimum absolute atomic E-state index is 0.121. The van der Waals surface area contributed by atoms with Gasteiger partial charge in [0.15, 0.2) is 5.82 Å². The van der Waals surface area contributed by atoms with Crippen molar-refractivity contribution in [2.24, 2.45) is 14.1 Å². The summed E-state index contributed by atoms with van der Waals surface area (Å²) in [4.78, 5) is 21.0. The van der Waals surface area contributed by atoms with Gasteiger partial charge in [-0.05, 0) is 24.0 Å². The largest absolute Gasteiger partial charge is 0.358 e. The second kappa shape index (κ2) is 9.01. The van der Waals surface area contributed by atoms with E-state index in [4.69, 9.17) is 10.1 Å². The highest BCUT2D eigenvalue weighted by Crippen LogP contribution is 2.40. The first-order valence-electron chi connectivity index (χ1n) is 12.0. The van der Waals surface area contributed by atoms with Crippen LogP contribution in [-0.4, -0.2) is 52.3 Å². The van der Waals surface area contributed by atoms with Crippen LogP contribution in [0.5, 0.6) is 0 Å². The fourth-order valence-electron chi connectivity index (χ4n) is 4.70. The van der Waals surface area contributed by atoms with E-state index >= 15 is 0 Å². The fraction of sp³-hybridized carbons (Fsp3) is 0.231. The number of amides is 1. The van der Waals surface area contributed by atoms with E-state index in [0.717, 1.165) is 57.7 Å². The molecule has 2 N–H and O–H groups in total. The highest BCUT2D eigenvalue weighted by Gasteiger charge is 2.27. The molecule has 11 heteroatoms. The van der Waals surface area contributed by atoms with E-state index < -0.39 is 0 Å². The third-order valence-corrected chi connectivity index (χ3v) is 6.51. The van der Waals surface area contributed by atoms with Crippen molar-refractivity contribution in [3.63, 3.8) is 0 Å². The monoisotopic (exact) mass is 494 g/mol. The number of nitrogens with one attached hydrogen (secondary N) is 2. The third kappa shape index (κ3) is 4.24. The molecule has 0 saturated carbocycles. The van der Waals surface area contributed by atoms with Gasteiger partial charge in [0, 0.05) is 62.5 Å². The summed E-state index contributed by atoms with van der Waals surface area (Å²) >= 11 is 0. The molecule has 5 aromatic rings. The molecule has 1 aliphatic carbocycles. The molecule has 1 aliphatic rings. The van der Waals surface area contributed by atoms with Crippen LogP contribution in [0, 0.1) is 0 Å². The van der Waals surface area contributed by atoms with Crippen molar-refractivity contribution in [1.29, 1.82) is 0 Å². The molecule has 0 radical (unpaired) electrons. The molecule has 11 nitrogen and oxygen atoms in total. The summed E-state index contributed by atoms with van der Waals surface area (Å²) in [7, 11) is 5.49. The maximum absolute atomic E-state index is 11.6. The molecule has 0 unspecified atom stereocenters. The Morgan fingerprint density at radius 3 is 2.57 bits per heavy atom. The van der Waals surface area contributed by atoms with E-state index in [-0.39, 0.29) is 12.5 Å². The van der Waals surface area contributed by atoms with Crippen molar-refractivity contribution in [2.75, 3.05) is 12.4 Å². The number of likely N-dealkylation sites (N-methyl/N-ethyl adjacent to an activating group) is 1. The fourth-order valence-corrected chi connectivity index (χ4v) is 4.70. The summed E-state index contributed by atoms with van der Waals surface area (Å²) in [6.07, 6.45) is 9.15. The predicted molar refractivity (Wildman–Crippen MR) is 139 cm³/mol. The molecule has 4 aromatic heterocycles. The van der Waals surface area contributed by atoms with Crippen LogP contribution in [0.1, 0.15) is 11.3 Å². The van der Waals surface area contributed by atoms with Crippen LogP contribution >= 0.6 is 0 Å². The van der Waals surface area contributed by atoms with Gasteiger partial charge in [-0.3, -0.25) is 18.8 Å². The zero-order valence-corrected chi connectivity index (χ0v) is 20.8. The zero-order chi connectivity index (χ0) is 25.5. The maximum Gasteiger partial charge on any atom is 0.241 e. The summed E-state index contributed by atoms with van der Waals surface area (Å²) in [5.74, 6) is 0.889. The molecule has 4 heterocycles. The molecule has 0 saturated heterocycles. The van der Waals surface area contributed by atoms with Crippen LogP contribution in [0.3, 0.4) is 0 Å². The summed E-state index contributed by atoms with van der Waals surface area (Å²) in [6.45, 7) is 0.144. The molecule has 0 spiro atoms. The molecule has 0 atom stereocenters. The number of anilines is 2. The summed E-state index contributed by atoms with van der Waals surface area (Å²) in [6, 6.07) is 10.2. The average Bonchev–Trinajstić information content (AvgIpc) is 3.62. The lowest BCUT2D eigenvalue weighted by Crippen LogP contribution is -2.23. The lowest BCUT2D eigenvalue weighted by atomic mass is 9.91. The molecule has 0 bridgehead atoms. The number of carbonyl (C=O) groups excluding carboxylic acids is 1. The Hall–Kier alpha value is -4.80. The van der Waals surface area contributed by atoms with E-state index in [1.807, 2.05) is 37.4 Å². The summed E-state index contributed by atoms with van der Waals surface area (Å²) in [5.41, 5.74) is 8.30. The van der Waals surface area contributed by atoms with Gasteiger partial charge in [0.05, 0.1) is 23.3 Å². The number of hydrogen-bond acceptors (Lipinski definition) is 7. The summed E-state index contributed by atoms with van der Waals surface area (Å²) in [5, 5.41) is 19.3. The number of carbonyl (C=O) groups is 1. The average molecular weight is 495 g/mol. The van der Waals surface area contributed by atoms with E-state index in [1.165, 1.54) is 0 Å². The van der Waals surface area contributed by atoms with Crippen LogP contribution in [0.4, 0.5) is 11.8 Å². The number of benzene rings is 1. The van der Waals surface area contributed by atoms with Crippen molar-refractivity contribution in [3.8, 4) is 33.6 Å². The van der Waals surface area contributed by atoms with Gasteiger partial charge >= 0.3 is 0 Å². The third-order valence-electron chi connectivity index (χ3n) is 6.51. The second-order valence-corrected chi connectivity index (χ2v) is 9.04. The Labute approximate surface area is 213 Å². The van der Waals surface area contributed by atoms with Gasteiger partial charge in [0.2, 0.25) is 11.9 Å². The number of fused-ring (bicyclic) bond motifs is 3. The molecular formula is C26H26N10O. The minimum atomic E-state index is -0.121. The number of nitrogens with zero attached hydrogens (tertiary/aromatic N) is 8. The Morgan fingerprint density at radius 1 is 1.00 bits per heavy atom. The van der Waals surface area contributed by atoms with Gasteiger partial charge < -0.3 is 10.6 Å². The van der Waals surface area contributed by atoms with Crippen LogP contribution < -0.4 is 10.6 Å². The van der Waals surface area contributed by atoms with E-state index in [0.29, 0.717) is 11.8 Å². The zero-order valence-electron chi connectivity index (χ0n) is 20.8. The van der Waals surface area contributed by atoms with Crippen LogP contribution in [0.2, 0.25) is 0 Å². The minimum Gasteiger partial charge on any atom is -0.358 e. The Bertz CT molecular complexity index is 1610. The Morgan fingerprint density at radius 2 is 1.81 bits per heavy atom. The molecule has 1 amide bonds. The van der Waals surface area contributed by atoms with Crippen molar-refractivity contribution in [3.05, 3.63) is 66.4 Å². The van der Waals surface area contributed by atoms with Gasteiger partial charge in [-0.15, -0.1) is 0 Å².